The van der Waals surface area contributed by atoms with Crippen LogP contribution in [0.4, 0.5) is 11.5 Å². The van der Waals surface area contributed by atoms with Gasteiger partial charge in [-0.05, 0) is 30.5 Å². The van der Waals surface area contributed by atoms with Crippen LogP contribution in [0.25, 0.3) is 0 Å². The Labute approximate surface area is 126 Å². The highest BCUT2D eigenvalue weighted by Gasteiger charge is 2.29. The zero-order valence-corrected chi connectivity index (χ0v) is 11.9. The monoisotopic (exact) mass is 304 g/mol. The second-order valence-electron chi connectivity index (χ2n) is 4.89. The number of hydrogen-bond acceptors (Lipinski definition) is 5. The molecule has 1 atom stereocenters. The van der Waals surface area contributed by atoms with E-state index < -0.39 is 4.92 Å². The third kappa shape index (κ3) is 2.67. The van der Waals surface area contributed by atoms with Crippen LogP contribution in [0.2, 0.25) is 5.02 Å². The van der Waals surface area contributed by atoms with Crippen molar-refractivity contribution in [3.8, 4) is 0 Å². The van der Waals surface area contributed by atoms with Gasteiger partial charge in [0.1, 0.15) is 12.0 Å². The second-order valence-corrected chi connectivity index (χ2v) is 5.30. The Hall–Kier alpha value is -2.21. The van der Waals surface area contributed by atoms with Gasteiger partial charge in [0.05, 0.1) is 16.0 Å². The van der Waals surface area contributed by atoms with Gasteiger partial charge >= 0.3 is 0 Å². The fourth-order valence-corrected chi connectivity index (χ4v) is 2.95. The maximum Gasteiger partial charge on any atom is 0.289 e. The first-order chi connectivity index (χ1) is 10.2. The molecule has 0 bridgehead atoms. The quantitative estimate of drug-likeness (QED) is 0.642. The standard InChI is InChI=1S/C14H13ClN4O2/c15-12-8-11(19(20)21)9-17-14(12)18-7-1-2-13(18)10-3-5-16-6-4-10/h3-6,8-9,13H,1-2,7H2/t13-/m1/s1. The predicted molar refractivity (Wildman–Crippen MR) is 79.5 cm³/mol. The molecule has 0 unspecified atom stereocenters. The normalized spacial score (nSPS) is 18.0. The highest BCUT2D eigenvalue weighted by molar-refractivity contribution is 6.33. The predicted octanol–water partition coefficient (Wildman–Crippen LogP) is 3.38. The average Bonchev–Trinajstić information content (AvgIpc) is 2.97. The number of aromatic nitrogens is 2. The zero-order valence-electron chi connectivity index (χ0n) is 11.1. The third-order valence-electron chi connectivity index (χ3n) is 3.63. The first-order valence-electron chi connectivity index (χ1n) is 6.63. The molecule has 3 heterocycles. The largest absolute Gasteiger partial charge is 0.348 e. The SMILES string of the molecule is O=[N+]([O-])c1cnc(N2CCC[C@@H]2c2ccncc2)c(Cl)c1. The van der Waals surface area contributed by atoms with E-state index >= 15 is 0 Å². The molecule has 0 amide bonds. The first kappa shape index (κ1) is 13.8. The van der Waals surface area contributed by atoms with Gasteiger partial charge in [0.15, 0.2) is 0 Å². The molecule has 1 saturated heterocycles. The van der Waals surface area contributed by atoms with Crippen LogP contribution in [0.5, 0.6) is 0 Å². The Morgan fingerprint density at radius 1 is 1.38 bits per heavy atom. The zero-order chi connectivity index (χ0) is 14.8. The van der Waals surface area contributed by atoms with E-state index in [1.165, 1.54) is 12.3 Å². The molecule has 0 aliphatic carbocycles. The molecular weight excluding hydrogens is 292 g/mol. The number of rotatable bonds is 3. The van der Waals surface area contributed by atoms with Crippen LogP contribution in [0, 0.1) is 10.1 Å². The molecule has 1 aliphatic rings. The summed E-state index contributed by atoms with van der Waals surface area (Å²) in [5.41, 5.74) is 1.06. The van der Waals surface area contributed by atoms with Crippen LogP contribution in [0.3, 0.4) is 0 Å². The van der Waals surface area contributed by atoms with Crippen molar-refractivity contribution >= 4 is 23.1 Å². The Morgan fingerprint density at radius 2 is 2.14 bits per heavy atom. The average molecular weight is 305 g/mol. The topological polar surface area (TPSA) is 72.2 Å². The van der Waals surface area contributed by atoms with Crippen LogP contribution < -0.4 is 4.90 Å². The van der Waals surface area contributed by atoms with Gasteiger partial charge in [0.25, 0.3) is 5.69 Å². The third-order valence-corrected chi connectivity index (χ3v) is 3.91. The van der Waals surface area contributed by atoms with Gasteiger partial charge in [-0.25, -0.2) is 4.98 Å². The van der Waals surface area contributed by atoms with E-state index in [-0.39, 0.29) is 11.7 Å². The van der Waals surface area contributed by atoms with E-state index in [0.29, 0.717) is 10.8 Å². The molecule has 3 rings (SSSR count). The second kappa shape index (κ2) is 5.65. The van der Waals surface area contributed by atoms with E-state index in [4.69, 9.17) is 11.6 Å². The van der Waals surface area contributed by atoms with Crippen molar-refractivity contribution in [2.45, 2.75) is 18.9 Å². The minimum absolute atomic E-state index is 0.0941. The molecule has 2 aromatic rings. The lowest BCUT2D eigenvalue weighted by Crippen LogP contribution is -2.23. The minimum atomic E-state index is -0.493. The number of halogens is 1. The van der Waals surface area contributed by atoms with Crippen LogP contribution in [0.1, 0.15) is 24.4 Å². The molecule has 7 heteroatoms. The summed E-state index contributed by atoms with van der Waals surface area (Å²) in [6, 6.07) is 5.48. The van der Waals surface area contributed by atoms with Gasteiger partial charge in [-0.1, -0.05) is 11.6 Å². The van der Waals surface area contributed by atoms with Crippen LogP contribution in [0.15, 0.2) is 36.8 Å². The van der Waals surface area contributed by atoms with Crippen molar-refractivity contribution < 1.29 is 4.92 Å². The number of pyridine rings is 2. The summed E-state index contributed by atoms with van der Waals surface area (Å²) < 4.78 is 0. The molecule has 0 radical (unpaired) electrons. The molecular formula is C14H13ClN4O2. The lowest BCUT2D eigenvalue weighted by Gasteiger charge is -2.26. The van der Waals surface area contributed by atoms with Gasteiger partial charge in [0, 0.05) is 25.0 Å². The molecule has 0 saturated carbocycles. The van der Waals surface area contributed by atoms with Crippen LogP contribution in [-0.4, -0.2) is 21.4 Å². The Kier molecular flexibility index (Phi) is 3.70. The maximum absolute atomic E-state index is 10.8. The molecule has 1 aliphatic heterocycles. The summed E-state index contributed by atoms with van der Waals surface area (Å²) in [5.74, 6) is 0.599. The maximum atomic E-state index is 10.8. The van der Waals surface area contributed by atoms with Crippen molar-refractivity contribution in [3.63, 3.8) is 0 Å². The lowest BCUT2D eigenvalue weighted by atomic mass is 10.1. The van der Waals surface area contributed by atoms with Gasteiger partial charge in [-0.2, -0.15) is 0 Å². The summed E-state index contributed by atoms with van der Waals surface area (Å²) in [6.07, 6.45) is 6.80. The molecule has 0 spiro atoms. The summed E-state index contributed by atoms with van der Waals surface area (Å²) in [6.45, 7) is 0.831. The van der Waals surface area contributed by atoms with Crippen molar-refractivity contribution in [3.05, 3.63) is 57.5 Å². The van der Waals surface area contributed by atoms with E-state index in [1.807, 2.05) is 12.1 Å². The van der Waals surface area contributed by atoms with Gasteiger partial charge < -0.3 is 4.90 Å². The highest BCUT2D eigenvalue weighted by atomic mass is 35.5. The van der Waals surface area contributed by atoms with E-state index in [9.17, 15) is 10.1 Å². The fourth-order valence-electron chi connectivity index (χ4n) is 2.68. The van der Waals surface area contributed by atoms with Gasteiger partial charge in [-0.15, -0.1) is 0 Å². The van der Waals surface area contributed by atoms with Crippen LogP contribution >= 0.6 is 11.6 Å². The van der Waals surface area contributed by atoms with Crippen molar-refractivity contribution in [2.24, 2.45) is 0 Å². The number of nitrogens with zero attached hydrogens (tertiary/aromatic N) is 4. The van der Waals surface area contributed by atoms with Crippen LogP contribution in [-0.2, 0) is 0 Å². The molecule has 6 nitrogen and oxygen atoms in total. The van der Waals surface area contributed by atoms with E-state index in [0.717, 1.165) is 24.9 Å². The molecule has 1 fully saturated rings. The van der Waals surface area contributed by atoms with E-state index in [1.54, 1.807) is 12.4 Å². The number of anilines is 1. The lowest BCUT2D eigenvalue weighted by molar-refractivity contribution is -0.385. The van der Waals surface area contributed by atoms with Crippen molar-refractivity contribution in [1.29, 1.82) is 0 Å². The Bertz CT molecular complexity index is 665. The molecule has 0 aromatic carbocycles. The molecule has 108 valence electrons. The summed E-state index contributed by atoms with van der Waals surface area (Å²) >= 11 is 6.19. The fraction of sp³-hybridized carbons (Fsp3) is 0.286. The van der Waals surface area contributed by atoms with E-state index in [2.05, 4.69) is 14.9 Å². The van der Waals surface area contributed by atoms with Crippen molar-refractivity contribution in [1.82, 2.24) is 9.97 Å². The molecule has 2 aromatic heterocycles. The van der Waals surface area contributed by atoms with Crippen molar-refractivity contribution in [2.75, 3.05) is 11.4 Å². The highest BCUT2D eigenvalue weighted by Crippen LogP contribution is 2.38. The number of nitro groups is 1. The first-order valence-corrected chi connectivity index (χ1v) is 7.01. The van der Waals surface area contributed by atoms with Gasteiger partial charge in [0.2, 0.25) is 0 Å². The smallest absolute Gasteiger partial charge is 0.289 e. The number of hydrogen-bond donors (Lipinski definition) is 0. The summed E-state index contributed by atoms with van der Waals surface area (Å²) in [7, 11) is 0. The summed E-state index contributed by atoms with van der Waals surface area (Å²) in [4.78, 5) is 20.6. The Morgan fingerprint density at radius 3 is 2.81 bits per heavy atom. The summed E-state index contributed by atoms with van der Waals surface area (Å²) in [5, 5.41) is 11.1. The Balaban J connectivity index is 1.94. The minimum Gasteiger partial charge on any atom is -0.348 e. The van der Waals surface area contributed by atoms with Gasteiger partial charge in [-0.3, -0.25) is 15.1 Å². The molecule has 21 heavy (non-hydrogen) atoms. The molecule has 0 N–H and O–H groups in total.